The minimum absolute atomic E-state index is 0.0726. The van der Waals surface area contributed by atoms with E-state index < -0.39 is 0 Å². The normalized spacial score (nSPS) is 23.5. The highest BCUT2D eigenvalue weighted by molar-refractivity contribution is 5.99. The molecule has 1 N–H and O–H groups in total. The number of rotatable bonds is 4. The lowest BCUT2D eigenvalue weighted by Gasteiger charge is -2.25. The van der Waals surface area contributed by atoms with Gasteiger partial charge in [-0.15, -0.1) is 0 Å². The Morgan fingerprint density at radius 2 is 2.04 bits per heavy atom. The molecule has 2 aromatic rings. The summed E-state index contributed by atoms with van der Waals surface area (Å²) in [5.74, 6) is 1.77. The van der Waals surface area contributed by atoms with Gasteiger partial charge in [0.1, 0.15) is 5.82 Å². The van der Waals surface area contributed by atoms with Crippen LogP contribution < -0.4 is 10.2 Å². The van der Waals surface area contributed by atoms with E-state index in [0.29, 0.717) is 5.92 Å². The second-order valence-corrected chi connectivity index (χ2v) is 6.89. The average Bonchev–Trinajstić information content (AvgIpc) is 3.21. The number of aryl methyl sites for hydroxylation is 2. The zero-order chi connectivity index (χ0) is 16.5. The zero-order valence-electron chi connectivity index (χ0n) is 14.1. The van der Waals surface area contributed by atoms with Crippen LogP contribution in [0.2, 0.25) is 0 Å². The van der Waals surface area contributed by atoms with Gasteiger partial charge in [0.05, 0.1) is 6.04 Å². The number of hydrogen-bond donors (Lipinski definition) is 1. The van der Waals surface area contributed by atoms with E-state index in [1.54, 1.807) is 0 Å². The van der Waals surface area contributed by atoms with E-state index in [9.17, 15) is 4.79 Å². The number of nitrogens with zero attached hydrogens (tertiary/aromatic N) is 3. The second-order valence-electron chi connectivity index (χ2n) is 6.89. The monoisotopic (exact) mass is 324 g/mol. The number of imidazole rings is 1. The van der Waals surface area contributed by atoms with Crippen LogP contribution >= 0.6 is 0 Å². The number of carbonyl (C=O) groups is 1. The second kappa shape index (κ2) is 6.40. The molecule has 1 saturated heterocycles. The predicted octanol–water partition coefficient (Wildman–Crippen LogP) is 2.46. The van der Waals surface area contributed by atoms with E-state index in [1.165, 1.54) is 12.0 Å². The highest BCUT2D eigenvalue weighted by Crippen LogP contribution is 2.26. The standard InChI is InChI=1S/C19H24N4O/c1-14-4-6-16(7-5-14)23-11-8-17(19(23)24)21-13-15-3-2-10-22-12-9-20-18(15)22/h4-7,9,12,15,17,21H,2-3,8,10-11,13H2,1H3. The summed E-state index contributed by atoms with van der Waals surface area (Å²) in [6.07, 6.45) is 7.14. The van der Waals surface area contributed by atoms with Gasteiger partial charge in [0.2, 0.25) is 5.91 Å². The van der Waals surface area contributed by atoms with Crippen LogP contribution in [0, 0.1) is 6.92 Å². The van der Waals surface area contributed by atoms with Gasteiger partial charge in [-0.3, -0.25) is 4.79 Å². The summed E-state index contributed by atoms with van der Waals surface area (Å²) < 4.78 is 2.24. The third-order valence-corrected chi connectivity index (χ3v) is 5.23. The van der Waals surface area contributed by atoms with Crippen molar-refractivity contribution in [3.63, 3.8) is 0 Å². The van der Waals surface area contributed by atoms with E-state index in [-0.39, 0.29) is 11.9 Å². The SMILES string of the molecule is Cc1ccc(N2CCC(NCC3CCCn4ccnc43)C2=O)cc1. The van der Waals surface area contributed by atoms with Crippen molar-refractivity contribution in [2.24, 2.45) is 0 Å². The van der Waals surface area contributed by atoms with Crippen LogP contribution in [0.25, 0.3) is 0 Å². The van der Waals surface area contributed by atoms with E-state index in [4.69, 9.17) is 0 Å². The lowest BCUT2D eigenvalue weighted by molar-refractivity contribution is -0.118. The van der Waals surface area contributed by atoms with Crippen molar-refractivity contribution < 1.29 is 4.79 Å². The minimum atomic E-state index is -0.0726. The van der Waals surface area contributed by atoms with Crippen LogP contribution in [0.4, 0.5) is 5.69 Å². The van der Waals surface area contributed by atoms with Gasteiger partial charge in [-0.05, 0) is 38.3 Å². The molecule has 0 spiro atoms. The number of anilines is 1. The van der Waals surface area contributed by atoms with Crippen LogP contribution in [-0.2, 0) is 11.3 Å². The number of benzene rings is 1. The summed E-state index contributed by atoms with van der Waals surface area (Å²) >= 11 is 0. The summed E-state index contributed by atoms with van der Waals surface area (Å²) in [6, 6.07) is 8.12. The van der Waals surface area contributed by atoms with Crippen LogP contribution in [0.1, 0.15) is 36.6 Å². The largest absolute Gasteiger partial charge is 0.335 e. The lowest BCUT2D eigenvalue weighted by Crippen LogP contribution is -2.40. The molecule has 0 aliphatic carbocycles. The molecule has 1 fully saturated rings. The fourth-order valence-electron chi connectivity index (χ4n) is 3.84. The van der Waals surface area contributed by atoms with Crippen molar-refractivity contribution in [3.05, 3.63) is 48.0 Å². The first-order valence-electron chi connectivity index (χ1n) is 8.85. The topological polar surface area (TPSA) is 50.2 Å². The van der Waals surface area contributed by atoms with Crippen molar-refractivity contribution in [2.75, 3.05) is 18.0 Å². The molecular formula is C19H24N4O. The molecule has 5 heteroatoms. The Morgan fingerprint density at radius 3 is 2.88 bits per heavy atom. The molecule has 0 bridgehead atoms. The quantitative estimate of drug-likeness (QED) is 0.940. The highest BCUT2D eigenvalue weighted by atomic mass is 16.2. The van der Waals surface area contributed by atoms with E-state index in [0.717, 1.165) is 44.0 Å². The number of nitrogens with one attached hydrogen (secondary N) is 1. The maximum absolute atomic E-state index is 12.7. The molecule has 0 radical (unpaired) electrons. The minimum Gasteiger partial charge on any atom is -0.335 e. The molecule has 0 saturated carbocycles. The van der Waals surface area contributed by atoms with Gasteiger partial charge < -0.3 is 14.8 Å². The summed E-state index contributed by atoms with van der Waals surface area (Å²) in [5.41, 5.74) is 2.22. The third-order valence-electron chi connectivity index (χ3n) is 5.23. The summed E-state index contributed by atoms with van der Waals surface area (Å²) in [6.45, 7) is 4.75. The highest BCUT2D eigenvalue weighted by Gasteiger charge is 2.33. The molecule has 1 aromatic heterocycles. The lowest BCUT2D eigenvalue weighted by atomic mass is 9.98. The van der Waals surface area contributed by atoms with E-state index in [1.807, 2.05) is 23.2 Å². The first-order chi connectivity index (χ1) is 11.7. The maximum Gasteiger partial charge on any atom is 0.244 e. The van der Waals surface area contributed by atoms with Crippen molar-refractivity contribution in [2.45, 2.75) is 44.7 Å². The van der Waals surface area contributed by atoms with Gasteiger partial charge in [0, 0.05) is 43.6 Å². The fourth-order valence-corrected chi connectivity index (χ4v) is 3.84. The van der Waals surface area contributed by atoms with Crippen LogP contribution in [0.5, 0.6) is 0 Å². The Balaban J connectivity index is 1.39. The fraction of sp³-hybridized carbons (Fsp3) is 0.474. The van der Waals surface area contributed by atoms with Gasteiger partial charge in [-0.25, -0.2) is 4.98 Å². The Morgan fingerprint density at radius 1 is 1.21 bits per heavy atom. The molecule has 5 nitrogen and oxygen atoms in total. The molecule has 24 heavy (non-hydrogen) atoms. The Kier molecular flexibility index (Phi) is 4.10. The van der Waals surface area contributed by atoms with E-state index in [2.05, 4.69) is 40.1 Å². The molecule has 1 aromatic carbocycles. The number of carbonyl (C=O) groups excluding carboxylic acids is 1. The van der Waals surface area contributed by atoms with Crippen molar-refractivity contribution in [1.82, 2.24) is 14.9 Å². The smallest absolute Gasteiger partial charge is 0.244 e. The molecule has 2 atom stereocenters. The summed E-state index contributed by atoms with van der Waals surface area (Å²) in [4.78, 5) is 19.1. The van der Waals surface area contributed by atoms with Gasteiger partial charge in [-0.1, -0.05) is 17.7 Å². The maximum atomic E-state index is 12.7. The van der Waals surface area contributed by atoms with Gasteiger partial charge in [0.25, 0.3) is 0 Å². The Hall–Kier alpha value is -2.14. The van der Waals surface area contributed by atoms with Gasteiger partial charge >= 0.3 is 0 Å². The van der Waals surface area contributed by atoms with Crippen LogP contribution in [-0.4, -0.2) is 34.6 Å². The molecule has 2 unspecified atom stereocenters. The summed E-state index contributed by atoms with van der Waals surface area (Å²) in [5, 5.41) is 3.50. The van der Waals surface area contributed by atoms with Crippen molar-refractivity contribution in [1.29, 1.82) is 0 Å². The molecule has 126 valence electrons. The third kappa shape index (κ3) is 2.84. The number of fused-ring (bicyclic) bond motifs is 1. The van der Waals surface area contributed by atoms with Gasteiger partial charge in [-0.2, -0.15) is 0 Å². The van der Waals surface area contributed by atoms with Gasteiger partial charge in [0.15, 0.2) is 0 Å². The Bertz CT molecular complexity index is 721. The number of amides is 1. The molecule has 1 amide bonds. The number of hydrogen-bond acceptors (Lipinski definition) is 3. The van der Waals surface area contributed by atoms with Crippen LogP contribution in [0.15, 0.2) is 36.7 Å². The van der Waals surface area contributed by atoms with Crippen molar-refractivity contribution >= 4 is 11.6 Å². The Labute approximate surface area is 142 Å². The number of aromatic nitrogens is 2. The molecule has 2 aliphatic heterocycles. The zero-order valence-corrected chi connectivity index (χ0v) is 14.1. The molecule has 3 heterocycles. The molecule has 4 rings (SSSR count). The predicted molar refractivity (Wildman–Crippen MR) is 94.1 cm³/mol. The average molecular weight is 324 g/mol. The molecule has 2 aliphatic rings. The molecular weight excluding hydrogens is 300 g/mol. The first kappa shape index (κ1) is 15.4. The summed E-state index contributed by atoms with van der Waals surface area (Å²) in [7, 11) is 0. The van der Waals surface area contributed by atoms with E-state index >= 15 is 0 Å². The first-order valence-corrected chi connectivity index (χ1v) is 8.85. The van der Waals surface area contributed by atoms with Crippen molar-refractivity contribution in [3.8, 4) is 0 Å². The van der Waals surface area contributed by atoms with Crippen LogP contribution in [0.3, 0.4) is 0 Å².